The van der Waals surface area contributed by atoms with E-state index in [1.807, 2.05) is 30.3 Å². The molecule has 0 saturated carbocycles. The zero-order valence-electron chi connectivity index (χ0n) is 12.8. The molecule has 7 heteroatoms. The number of rotatable bonds is 4. The Hall–Kier alpha value is -1.70. The van der Waals surface area contributed by atoms with Crippen LogP contribution in [0.5, 0.6) is 0 Å². The van der Waals surface area contributed by atoms with Crippen LogP contribution in [-0.2, 0) is 10.0 Å². The Labute approximate surface area is 140 Å². The van der Waals surface area contributed by atoms with Gasteiger partial charge in [-0.05, 0) is 36.4 Å². The summed E-state index contributed by atoms with van der Waals surface area (Å²) in [6.45, 7) is 1.06. The zero-order chi connectivity index (χ0) is 16.4. The Morgan fingerprint density at radius 2 is 1.78 bits per heavy atom. The molecule has 1 amide bonds. The minimum Gasteiger partial charge on any atom is -0.311 e. The molecule has 3 rings (SSSR count). The lowest BCUT2D eigenvalue weighted by atomic mass is 10.3. The Balaban J connectivity index is 1.93. The highest BCUT2D eigenvalue weighted by Crippen LogP contribution is 2.29. The quantitative estimate of drug-likeness (QED) is 0.852. The van der Waals surface area contributed by atoms with Gasteiger partial charge in [0.15, 0.2) is 0 Å². The minimum absolute atomic E-state index is 0.122. The molecule has 0 radical (unpaired) electrons. The Kier molecular flexibility index (Phi) is 4.52. The Morgan fingerprint density at radius 1 is 1.13 bits per heavy atom. The van der Waals surface area contributed by atoms with E-state index >= 15 is 0 Å². The third-order valence-corrected chi connectivity index (χ3v) is 6.93. The first kappa shape index (κ1) is 16.2. The molecule has 5 nitrogen and oxygen atoms in total. The van der Waals surface area contributed by atoms with Crippen LogP contribution in [0.1, 0.15) is 22.5 Å². The van der Waals surface area contributed by atoms with Gasteiger partial charge in [-0.15, -0.1) is 11.3 Å². The average molecular weight is 350 g/mol. The van der Waals surface area contributed by atoms with E-state index in [9.17, 15) is 13.2 Å². The molecule has 0 N–H and O–H groups in total. The maximum absolute atomic E-state index is 12.7. The average Bonchev–Trinajstić information content (AvgIpc) is 3.25. The number of amides is 1. The highest BCUT2D eigenvalue weighted by Gasteiger charge is 2.32. The van der Waals surface area contributed by atoms with E-state index in [1.165, 1.54) is 26.6 Å². The van der Waals surface area contributed by atoms with E-state index in [1.54, 1.807) is 12.4 Å². The fraction of sp³-hybridized carbons (Fsp3) is 0.312. The lowest BCUT2D eigenvalue weighted by Gasteiger charge is -2.19. The minimum atomic E-state index is -3.59. The fourth-order valence-electron chi connectivity index (χ4n) is 2.65. The van der Waals surface area contributed by atoms with E-state index in [-0.39, 0.29) is 15.7 Å². The van der Waals surface area contributed by atoms with Gasteiger partial charge in [0.1, 0.15) is 9.77 Å². The number of thiophene rings is 1. The normalized spacial score (nSPS) is 15.7. The van der Waals surface area contributed by atoms with Crippen molar-refractivity contribution in [3.8, 4) is 0 Å². The van der Waals surface area contributed by atoms with Crippen LogP contribution in [0, 0.1) is 0 Å². The molecule has 1 aromatic heterocycles. The molecule has 1 aliphatic heterocycles. The fourth-order valence-corrected chi connectivity index (χ4v) is 5.53. The van der Waals surface area contributed by atoms with Crippen LogP contribution in [0.4, 0.5) is 5.69 Å². The maximum Gasteiger partial charge on any atom is 0.269 e. The summed E-state index contributed by atoms with van der Waals surface area (Å²) < 4.78 is 27.0. The highest BCUT2D eigenvalue weighted by molar-refractivity contribution is 7.89. The van der Waals surface area contributed by atoms with Crippen molar-refractivity contribution in [1.29, 1.82) is 0 Å². The van der Waals surface area contributed by atoms with Gasteiger partial charge in [0.2, 0.25) is 10.0 Å². The number of carbonyl (C=O) groups excluding carboxylic acids is 1. The van der Waals surface area contributed by atoms with Gasteiger partial charge in [0.25, 0.3) is 5.91 Å². The lowest BCUT2D eigenvalue weighted by Crippen LogP contribution is -2.31. The van der Waals surface area contributed by atoms with Crippen LogP contribution in [0.25, 0.3) is 0 Å². The number of anilines is 1. The molecule has 0 spiro atoms. The highest BCUT2D eigenvalue weighted by atomic mass is 32.2. The SMILES string of the molecule is CN(C(=O)c1sccc1S(=O)(=O)N1CCCC1)c1ccccc1. The van der Waals surface area contributed by atoms with Gasteiger partial charge in [0, 0.05) is 25.8 Å². The summed E-state index contributed by atoms with van der Waals surface area (Å²) >= 11 is 1.17. The van der Waals surface area contributed by atoms with Crippen molar-refractivity contribution in [2.24, 2.45) is 0 Å². The van der Waals surface area contributed by atoms with E-state index in [4.69, 9.17) is 0 Å². The van der Waals surface area contributed by atoms with Crippen LogP contribution >= 0.6 is 11.3 Å². The molecule has 122 valence electrons. The standard InChI is InChI=1S/C16H18N2O3S2/c1-17(13-7-3-2-4-8-13)16(19)15-14(9-12-22-15)23(20,21)18-10-5-6-11-18/h2-4,7-9,12H,5-6,10-11H2,1H3. The molecule has 1 fully saturated rings. The molecule has 1 saturated heterocycles. The molecular formula is C16H18N2O3S2. The molecular weight excluding hydrogens is 332 g/mol. The van der Waals surface area contributed by atoms with Gasteiger partial charge >= 0.3 is 0 Å². The van der Waals surface area contributed by atoms with E-state index in [0.29, 0.717) is 13.1 Å². The summed E-state index contributed by atoms with van der Waals surface area (Å²) in [6, 6.07) is 10.7. The van der Waals surface area contributed by atoms with Crippen molar-refractivity contribution in [2.45, 2.75) is 17.7 Å². The molecule has 23 heavy (non-hydrogen) atoms. The monoisotopic (exact) mass is 350 g/mol. The summed E-state index contributed by atoms with van der Waals surface area (Å²) in [7, 11) is -1.93. The topological polar surface area (TPSA) is 57.7 Å². The molecule has 2 heterocycles. The summed E-state index contributed by atoms with van der Waals surface area (Å²) in [6.07, 6.45) is 1.74. The second kappa shape index (κ2) is 6.43. The van der Waals surface area contributed by atoms with E-state index in [2.05, 4.69) is 0 Å². The Morgan fingerprint density at radius 3 is 2.43 bits per heavy atom. The largest absolute Gasteiger partial charge is 0.311 e. The van der Waals surface area contributed by atoms with Crippen molar-refractivity contribution >= 4 is 33.0 Å². The number of benzene rings is 1. The lowest BCUT2D eigenvalue weighted by molar-refractivity contribution is 0.0994. The van der Waals surface area contributed by atoms with Crippen LogP contribution in [-0.4, -0.2) is 38.8 Å². The number of nitrogens with zero attached hydrogens (tertiary/aromatic N) is 2. The van der Waals surface area contributed by atoms with Crippen LogP contribution < -0.4 is 4.90 Å². The van der Waals surface area contributed by atoms with Gasteiger partial charge < -0.3 is 4.90 Å². The molecule has 1 aromatic carbocycles. The van der Waals surface area contributed by atoms with E-state index in [0.717, 1.165) is 18.5 Å². The molecule has 0 aliphatic carbocycles. The van der Waals surface area contributed by atoms with Crippen molar-refractivity contribution < 1.29 is 13.2 Å². The third kappa shape index (κ3) is 3.04. The summed E-state index contributed by atoms with van der Waals surface area (Å²) in [5.41, 5.74) is 0.732. The number of hydrogen-bond acceptors (Lipinski definition) is 4. The smallest absolute Gasteiger partial charge is 0.269 e. The second-order valence-corrected chi connectivity index (χ2v) is 8.25. The summed E-state index contributed by atoms with van der Waals surface area (Å²) in [5, 5.41) is 1.66. The second-order valence-electron chi connectivity index (χ2n) is 5.42. The zero-order valence-corrected chi connectivity index (χ0v) is 14.4. The molecule has 2 aromatic rings. The first-order valence-corrected chi connectivity index (χ1v) is 9.74. The molecule has 1 aliphatic rings. The molecule has 0 unspecified atom stereocenters. The van der Waals surface area contributed by atoms with Gasteiger partial charge in [-0.3, -0.25) is 4.79 Å². The molecule has 0 atom stereocenters. The summed E-state index contributed by atoms with van der Waals surface area (Å²) in [5.74, 6) is -0.302. The van der Waals surface area contributed by atoms with Crippen molar-refractivity contribution in [3.63, 3.8) is 0 Å². The number of carbonyl (C=O) groups is 1. The van der Waals surface area contributed by atoms with Crippen LogP contribution in [0.2, 0.25) is 0 Å². The van der Waals surface area contributed by atoms with Gasteiger partial charge in [-0.25, -0.2) is 8.42 Å². The predicted molar refractivity (Wildman–Crippen MR) is 91.5 cm³/mol. The van der Waals surface area contributed by atoms with Gasteiger partial charge in [0.05, 0.1) is 0 Å². The van der Waals surface area contributed by atoms with Gasteiger partial charge in [-0.2, -0.15) is 4.31 Å². The van der Waals surface area contributed by atoms with E-state index < -0.39 is 10.0 Å². The number of sulfonamides is 1. The third-order valence-electron chi connectivity index (χ3n) is 3.95. The number of hydrogen-bond donors (Lipinski definition) is 0. The number of para-hydroxylation sites is 1. The predicted octanol–water partition coefficient (Wildman–Crippen LogP) is 2.81. The van der Waals surface area contributed by atoms with Crippen LogP contribution in [0.15, 0.2) is 46.7 Å². The first-order chi connectivity index (χ1) is 11.0. The molecule has 0 bridgehead atoms. The van der Waals surface area contributed by atoms with Crippen molar-refractivity contribution in [3.05, 3.63) is 46.7 Å². The summed E-state index contributed by atoms with van der Waals surface area (Å²) in [4.78, 5) is 14.6. The van der Waals surface area contributed by atoms with Gasteiger partial charge in [-0.1, -0.05) is 18.2 Å². The Bertz CT molecular complexity index is 794. The van der Waals surface area contributed by atoms with Crippen molar-refractivity contribution in [1.82, 2.24) is 4.31 Å². The first-order valence-electron chi connectivity index (χ1n) is 7.42. The van der Waals surface area contributed by atoms with Crippen molar-refractivity contribution in [2.75, 3.05) is 25.0 Å². The van der Waals surface area contributed by atoms with Crippen LogP contribution in [0.3, 0.4) is 0 Å². The maximum atomic E-state index is 12.7.